The van der Waals surface area contributed by atoms with Crippen LogP contribution in [-0.4, -0.2) is 40.3 Å². The number of ether oxygens (including phenoxy) is 2. The summed E-state index contributed by atoms with van der Waals surface area (Å²) in [6, 6.07) is 14.6. The molecule has 4 rings (SSSR count). The minimum atomic E-state index is -1.04. The lowest BCUT2D eigenvalue weighted by Crippen LogP contribution is -2.35. The number of aromatic nitrogens is 2. The zero-order valence-corrected chi connectivity index (χ0v) is 23.9. The molecule has 1 heterocycles. The van der Waals surface area contributed by atoms with E-state index in [1.54, 1.807) is 16.7 Å². The topological polar surface area (TPSA) is 99.8 Å². The van der Waals surface area contributed by atoms with Crippen LogP contribution in [0.3, 0.4) is 0 Å². The molecule has 3 aromatic rings. The normalized spacial score (nSPS) is 14.2. The quantitative estimate of drug-likeness (QED) is 0.288. The highest BCUT2D eigenvalue weighted by Gasteiger charge is 2.33. The summed E-state index contributed by atoms with van der Waals surface area (Å²) in [4.78, 5) is 40.2. The standard InChI is InChI=1S/C32H40N2O6/c1-21(2)15-18-27-28(31(39-3)40-4)34(29(35)24-13-9-6-10-14-24)32(38)33(27)20-22-16-17-25(26(19-22)30(36)37)23-11-7-5-8-12-23/h5,7-8,11-12,16-17,19,21,24,31H,6,9-10,13-15,18,20H2,1-4H3,(H,36,37). The molecule has 1 N–H and O–H groups in total. The Morgan fingerprint density at radius 3 is 2.27 bits per heavy atom. The molecule has 1 aliphatic rings. The van der Waals surface area contributed by atoms with Crippen LogP contribution in [0.1, 0.15) is 90.8 Å². The Balaban J connectivity index is 1.85. The number of imidazole rings is 1. The van der Waals surface area contributed by atoms with Gasteiger partial charge in [0.2, 0.25) is 12.2 Å². The molecule has 1 saturated carbocycles. The minimum absolute atomic E-state index is 0.125. The average Bonchev–Trinajstić information content (AvgIpc) is 3.23. The van der Waals surface area contributed by atoms with E-state index in [9.17, 15) is 19.5 Å². The molecule has 8 heteroatoms. The zero-order valence-electron chi connectivity index (χ0n) is 23.9. The Bertz CT molecular complexity index is 1380. The summed E-state index contributed by atoms with van der Waals surface area (Å²) in [5.41, 5.74) is 2.90. The molecular formula is C32H40N2O6. The molecule has 0 atom stereocenters. The lowest BCUT2D eigenvalue weighted by molar-refractivity contribution is -0.110. The van der Waals surface area contributed by atoms with Crippen LogP contribution in [0.4, 0.5) is 0 Å². The van der Waals surface area contributed by atoms with Crippen molar-refractivity contribution in [3.05, 3.63) is 81.5 Å². The molecule has 0 saturated heterocycles. The molecule has 0 amide bonds. The molecule has 8 nitrogen and oxygen atoms in total. The van der Waals surface area contributed by atoms with Crippen molar-refractivity contribution >= 4 is 11.9 Å². The van der Waals surface area contributed by atoms with Crippen molar-refractivity contribution in [3.8, 4) is 11.1 Å². The summed E-state index contributed by atoms with van der Waals surface area (Å²) in [7, 11) is 3.00. The second kappa shape index (κ2) is 13.2. The third kappa shape index (κ3) is 6.29. The van der Waals surface area contributed by atoms with Crippen molar-refractivity contribution in [2.45, 2.75) is 71.6 Å². The number of aromatic carboxylic acids is 1. The summed E-state index contributed by atoms with van der Waals surface area (Å²) in [5.74, 6) is -1.12. The number of benzene rings is 2. The first-order valence-electron chi connectivity index (χ1n) is 14.1. The number of methoxy groups -OCH3 is 2. The van der Waals surface area contributed by atoms with Crippen LogP contribution < -0.4 is 5.69 Å². The van der Waals surface area contributed by atoms with E-state index in [4.69, 9.17) is 9.47 Å². The van der Waals surface area contributed by atoms with Crippen molar-refractivity contribution in [2.75, 3.05) is 14.2 Å². The Morgan fingerprint density at radius 2 is 1.68 bits per heavy atom. The average molecular weight is 549 g/mol. The number of carbonyl (C=O) groups is 2. The molecule has 0 radical (unpaired) electrons. The molecule has 1 fully saturated rings. The highest BCUT2D eigenvalue weighted by molar-refractivity contribution is 5.96. The predicted octanol–water partition coefficient (Wildman–Crippen LogP) is 6.16. The molecule has 1 aliphatic carbocycles. The highest BCUT2D eigenvalue weighted by atomic mass is 16.7. The SMILES string of the molecule is COC(OC)c1c(CCC(C)C)n(Cc2ccc(-c3ccccc3)c(C(=O)O)c2)c(=O)n1C(=O)C1CCCCC1. The highest BCUT2D eigenvalue weighted by Crippen LogP contribution is 2.30. The van der Waals surface area contributed by atoms with Crippen molar-refractivity contribution in [1.29, 1.82) is 0 Å². The number of carboxylic acids is 1. The Labute approximate surface area is 235 Å². The summed E-state index contributed by atoms with van der Waals surface area (Å²) in [5, 5.41) is 10.0. The second-order valence-corrected chi connectivity index (χ2v) is 11.0. The van der Waals surface area contributed by atoms with E-state index in [2.05, 4.69) is 13.8 Å². The van der Waals surface area contributed by atoms with Crippen LogP contribution in [0, 0.1) is 11.8 Å². The van der Waals surface area contributed by atoms with Crippen LogP contribution in [0.15, 0.2) is 53.3 Å². The van der Waals surface area contributed by atoms with Crippen LogP contribution in [-0.2, 0) is 22.4 Å². The summed E-state index contributed by atoms with van der Waals surface area (Å²) < 4.78 is 14.1. The maximum atomic E-state index is 14.1. The second-order valence-electron chi connectivity index (χ2n) is 11.0. The molecule has 214 valence electrons. The molecule has 40 heavy (non-hydrogen) atoms. The maximum absolute atomic E-state index is 14.1. The van der Waals surface area contributed by atoms with Gasteiger partial charge in [0, 0.05) is 25.8 Å². The Kier molecular flexibility index (Phi) is 9.76. The fourth-order valence-electron chi connectivity index (χ4n) is 5.68. The van der Waals surface area contributed by atoms with Crippen LogP contribution in [0.2, 0.25) is 0 Å². The van der Waals surface area contributed by atoms with E-state index in [0.29, 0.717) is 34.9 Å². The van der Waals surface area contributed by atoms with Crippen molar-refractivity contribution in [2.24, 2.45) is 11.8 Å². The van der Waals surface area contributed by atoms with Crippen LogP contribution >= 0.6 is 0 Å². The largest absolute Gasteiger partial charge is 0.478 e. The lowest BCUT2D eigenvalue weighted by Gasteiger charge is -2.23. The van der Waals surface area contributed by atoms with E-state index in [1.165, 1.54) is 18.8 Å². The number of hydrogen-bond donors (Lipinski definition) is 1. The fourth-order valence-corrected chi connectivity index (χ4v) is 5.68. The van der Waals surface area contributed by atoms with Gasteiger partial charge in [-0.1, -0.05) is 75.6 Å². The number of carboxylic acid groups (broad SMARTS) is 1. The molecule has 2 aromatic carbocycles. The van der Waals surface area contributed by atoms with Gasteiger partial charge in [0.25, 0.3) is 0 Å². The number of hydrogen-bond acceptors (Lipinski definition) is 5. The predicted molar refractivity (Wildman–Crippen MR) is 154 cm³/mol. The van der Waals surface area contributed by atoms with Crippen molar-refractivity contribution in [3.63, 3.8) is 0 Å². The minimum Gasteiger partial charge on any atom is -0.478 e. The number of carbonyl (C=O) groups excluding carboxylic acids is 1. The van der Waals surface area contributed by atoms with Gasteiger partial charge in [0.05, 0.1) is 12.1 Å². The van der Waals surface area contributed by atoms with Crippen molar-refractivity contribution in [1.82, 2.24) is 9.13 Å². The van der Waals surface area contributed by atoms with Gasteiger partial charge in [-0.2, -0.15) is 0 Å². The zero-order chi connectivity index (χ0) is 28.8. The first kappa shape index (κ1) is 29.5. The Morgan fingerprint density at radius 1 is 1.00 bits per heavy atom. The summed E-state index contributed by atoms with van der Waals surface area (Å²) in [6.45, 7) is 4.34. The van der Waals surface area contributed by atoms with Gasteiger partial charge in [-0.15, -0.1) is 0 Å². The first-order chi connectivity index (χ1) is 19.3. The van der Waals surface area contributed by atoms with E-state index in [-0.39, 0.29) is 23.9 Å². The first-order valence-corrected chi connectivity index (χ1v) is 14.1. The van der Waals surface area contributed by atoms with Gasteiger partial charge >= 0.3 is 11.7 Å². The molecule has 0 spiro atoms. The number of rotatable bonds is 11. The van der Waals surface area contributed by atoms with Crippen LogP contribution in [0.5, 0.6) is 0 Å². The van der Waals surface area contributed by atoms with E-state index >= 15 is 0 Å². The molecular weight excluding hydrogens is 508 g/mol. The fraction of sp³-hybridized carbons (Fsp3) is 0.469. The molecule has 1 aromatic heterocycles. The molecule has 0 unspecified atom stereocenters. The third-order valence-electron chi connectivity index (χ3n) is 7.81. The summed E-state index contributed by atoms with van der Waals surface area (Å²) >= 11 is 0. The van der Waals surface area contributed by atoms with Crippen LogP contribution in [0.25, 0.3) is 11.1 Å². The number of nitrogens with zero attached hydrogens (tertiary/aromatic N) is 2. The van der Waals surface area contributed by atoms with E-state index in [1.807, 2.05) is 36.4 Å². The van der Waals surface area contributed by atoms with Gasteiger partial charge < -0.3 is 14.6 Å². The monoisotopic (exact) mass is 548 g/mol. The summed E-state index contributed by atoms with van der Waals surface area (Å²) in [6.07, 6.45) is 4.98. The van der Waals surface area contributed by atoms with Gasteiger partial charge in [-0.3, -0.25) is 9.36 Å². The van der Waals surface area contributed by atoms with Crippen molar-refractivity contribution < 1.29 is 24.2 Å². The smallest absolute Gasteiger partial charge is 0.336 e. The van der Waals surface area contributed by atoms with Gasteiger partial charge in [-0.25, -0.2) is 14.2 Å². The van der Waals surface area contributed by atoms with Gasteiger partial charge in [0.1, 0.15) is 5.69 Å². The van der Waals surface area contributed by atoms with E-state index in [0.717, 1.165) is 44.1 Å². The lowest BCUT2D eigenvalue weighted by atomic mass is 9.88. The Hall–Kier alpha value is -3.49. The third-order valence-corrected chi connectivity index (χ3v) is 7.81. The molecule has 0 bridgehead atoms. The maximum Gasteiger partial charge on any atom is 0.336 e. The molecule has 0 aliphatic heterocycles. The van der Waals surface area contributed by atoms with E-state index < -0.39 is 17.9 Å². The van der Waals surface area contributed by atoms with Gasteiger partial charge in [-0.05, 0) is 54.4 Å². The van der Waals surface area contributed by atoms with Gasteiger partial charge in [0.15, 0.2) is 0 Å².